The summed E-state index contributed by atoms with van der Waals surface area (Å²) < 4.78 is 0. The number of benzene rings is 2. The zero-order valence-electron chi connectivity index (χ0n) is 10.1. The summed E-state index contributed by atoms with van der Waals surface area (Å²) in [6.07, 6.45) is 1.06. The predicted molar refractivity (Wildman–Crippen MR) is 76.8 cm³/mol. The lowest BCUT2D eigenvalue weighted by Gasteiger charge is -2.18. The van der Waals surface area contributed by atoms with Gasteiger partial charge in [-0.15, -0.1) is 0 Å². The first kappa shape index (κ1) is 11.6. The van der Waals surface area contributed by atoms with Gasteiger partial charge in [0.05, 0.1) is 0 Å². The third-order valence-electron chi connectivity index (χ3n) is 3.92. The van der Waals surface area contributed by atoms with Gasteiger partial charge in [0.1, 0.15) is 0 Å². The highest BCUT2D eigenvalue weighted by Gasteiger charge is 2.57. The van der Waals surface area contributed by atoms with Crippen LogP contribution in [0.5, 0.6) is 0 Å². The van der Waals surface area contributed by atoms with E-state index in [9.17, 15) is 0 Å². The normalized spacial score (nSPS) is 20.4. The van der Waals surface area contributed by atoms with Crippen LogP contribution in [0.4, 0.5) is 0 Å². The molecule has 18 heavy (non-hydrogen) atoms. The summed E-state index contributed by atoms with van der Waals surface area (Å²) >= 11 is 6.16. The first-order valence-electron chi connectivity index (χ1n) is 6.20. The van der Waals surface area contributed by atoms with Crippen molar-refractivity contribution in [3.05, 3.63) is 83.4 Å². The summed E-state index contributed by atoms with van der Waals surface area (Å²) in [6.45, 7) is 3.93. The van der Waals surface area contributed by atoms with E-state index in [2.05, 4.69) is 67.2 Å². The van der Waals surface area contributed by atoms with E-state index in [0.717, 1.165) is 11.5 Å². The van der Waals surface area contributed by atoms with Crippen molar-refractivity contribution in [3.63, 3.8) is 0 Å². The lowest BCUT2D eigenvalue weighted by Crippen LogP contribution is -2.12. The molecule has 0 saturated heterocycles. The SMILES string of the molecule is C=C(Cl)[C@@H]1CC1(c1ccccc1)c1ccccc1. The zero-order chi connectivity index (χ0) is 12.6. The van der Waals surface area contributed by atoms with Gasteiger partial charge in [-0.05, 0) is 17.5 Å². The third kappa shape index (κ3) is 1.69. The van der Waals surface area contributed by atoms with Crippen LogP contribution >= 0.6 is 11.6 Å². The fraction of sp³-hybridized carbons (Fsp3) is 0.176. The van der Waals surface area contributed by atoms with Gasteiger partial charge in [0.2, 0.25) is 0 Å². The molecular weight excluding hydrogens is 240 g/mol. The van der Waals surface area contributed by atoms with Crippen molar-refractivity contribution in [2.45, 2.75) is 11.8 Å². The Morgan fingerprint density at radius 2 is 1.39 bits per heavy atom. The summed E-state index contributed by atoms with van der Waals surface area (Å²) in [5, 5.41) is 0.766. The van der Waals surface area contributed by atoms with E-state index in [1.54, 1.807) is 0 Å². The van der Waals surface area contributed by atoms with Gasteiger partial charge in [-0.25, -0.2) is 0 Å². The smallest absolute Gasteiger partial charge is 0.0286 e. The van der Waals surface area contributed by atoms with Gasteiger partial charge in [0.25, 0.3) is 0 Å². The van der Waals surface area contributed by atoms with Crippen LogP contribution in [-0.2, 0) is 5.41 Å². The second kappa shape index (κ2) is 4.29. The van der Waals surface area contributed by atoms with Crippen LogP contribution in [0.25, 0.3) is 0 Å². The lowest BCUT2D eigenvalue weighted by molar-refractivity contribution is 0.784. The van der Waals surface area contributed by atoms with Crippen molar-refractivity contribution in [2.75, 3.05) is 0 Å². The third-order valence-corrected chi connectivity index (χ3v) is 4.18. The molecule has 0 heterocycles. The molecule has 1 aliphatic carbocycles. The Morgan fingerprint density at radius 3 is 1.72 bits per heavy atom. The number of hydrogen-bond acceptors (Lipinski definition) is 0. The van der Waals surface area contributed by atoms with Crippen LogP contribution in [0, 0.1) is 5.92 Å². The fourth-order valence-electron chi connectivity index (χ4n) is 2.92. The second-order valence-corrected chi connectivity index (χ2v) is 5.39. The standard InChI is InChI=1S/C17H15Cl/c1-13(18)16-12-17(16,14-8-4-2-5-9-14)15-10-6-3-7-11-15/h2-11,16H,1,12H2/t16-/m0/s1. The highest BCUT2D eigenvalue weighted by Crippen LogP contribution is 2.62. The van der Waals surface area contributed by atoms with Crippen LogP contribution in [0.3, 0.4) is 0 Å². The molecule has 1 atom stereocenters. The molecule has 0 bridgehead atoms. The Hall–Kier alpha value is -1.53. The van der Waals surface area contributed by atoms with E-state index in [0.29, 0.717) is 5.92 Å². The summed E-state index contributed by atoms with van der Waals surface area (Å²) in [5.41, 5.74) is 2.72. The minimum Gasteiger partial charge on any atom is -0.0894 e. The quantitative estimate of drug-likeness (QED) is 0.742. The van der Waals surface area contributed by atoms with Crippen LogP contribution < -0.4 is 0 Å². The fourth-order valence-corrected chi connectivity index (χ4v) is 3.18. The van der Waals surface area contributed by atoms with E-state index < -0.39 is 0 Å². The van der Waals surface area contributed by atoms with E-state index in [1.165, 1.54) is 11.1 Å². The number of rotatable bonds is 3. The molecule has 0 radical (unpaired) electrons. The summed E-state index contributed by atoms with van der Waals surface area (Å²) in [7, 11) is 0. The molecule has 2 aromatic rings. The Kier molecular flexibility index (Phi) is 2.76. The monoisotopic (exact) mass is 254 g/mol. The lowest BCUT2D eigenvalue weighted by atomic mass is 9.86. The Morgan fingerprint density at radius 1 is 0.944 bits per heavy atom. The van der Waals surface area contributed by atoms with Gasteiger partial charge in [0, 0.05) is 16.4 Å². The van der Waals surface area contributed by atoms with Crippen LogP contribution in [0.15, 0.2) is 72.3 Å². The summed E-state index contributed by atoms with van der Waals surface area (Å²) in [4.78, 5) is 0. The maximum absolute atomic E-state index is 6.16. The Labute approximate surface area is 113 Å². The van der Waals surface area contributed by atoms with Crippen molar-refractivity contribution in [1.29, 1.82) is 0 Å². The number of hydrogen-bond donors (Lipinski definition) is 0. The molecular formula is C17H15Cl. The Balaban J connectivity index is 2.11. The van der Waals surface area contributed by atoms with Crippen molar-refractivity contribution in [2.24, 2.45) is 5.92 Å². The van der Waals surface area contributed by atoms with Crippen LogP contribution in [0.1, 0.15) is 17.5 Å². The minimum absolute atomic E-state index is 0.0430. The molecule has 1 fully saturated rings. The molecule has 90 valence electrons. The molecule has 0 aromatic heterocycles. The molecule has 0 spiro atoms. The largest absolute Gasteiger partial charge is 0.0894 e. The van der Waals surface area contributed by atoms with E-state index in [-0.39, 0.29) is 5.41 Å². The van der Waals surface area contributed by atoms with Crippen molar-refractivity contribution >= 4 is 11.6 Å². The molecule has 1 aliphatic rings. The number of halogens is 1. The van der Waals surface area contributed by atoms with Crippen molar-refractivity contribution in [1.82, 2.24) is 0 Å². The minimum atomic E-state index is 0.0430. The van der Waals surface area contributed by atoms with Gasteiger partial charge < -0.3 is 0 Å². The maximum atomic E-state index is 6.16. The molecule has 2 aromatic carbocycles. The van der Waals surface area contributed by atoms with Gasteiger partial charge in [-0.3, -0.25) is 0 Å². The van der Waals surface area contributed by atoms with E-state index in [1.807, 2.05) is 0 Å². The van der Waals surface area contributed by atoms with E-state index in [4.69, 9.17) is 11.6 Å². The first-order chi connectivity index (χ1) is 8.75. The second-order valence-electron chi connectivity index (χ2n) is 4.91. The van der Waals surface area contributed by atoms with Gasteiger partial charge >= 0.3 is 0 Å². The van der Waals surface area contributed by atoms with Gasteiger partial charge in [0.15, 0.2) is 0 Å². The summed E-state index contributed by atoms with van der Waals surface area (Å²) in [6, 6.07) is 21.2. The molecule has 0 aliphatic heterocycles. The Bertz CT molecular complexity index is 517. The molecule has 0 N–H and O–H groups in total. The highest BCUT2D eigenvalue weighted by molar-refractivity contribution is 6.30. The molecule has 3 rings (SSSR count). The van der Waals surface area contributed by atoms with Crippen LogP contribution in [-0.4, -0.2) is 0 Å². The molecule has 0 amide bonds. The maximum Gasteiger partial charge on any atom is 0.0286 e. The first-order valence-corrected chi connectivity index (χ1v) is 6.58. The van der Waals surface area contributed by atoms with Crippen LogP contribution in [0.2, 0.25) is 0 Å². The molecule has 0 nitrogen and oxygen atoms in total. The summed E-state index contributed by atoms with van der Waals surface area (Å²) in [5.74, 6) is 0.351. The number of allylic oxidation sites excluding steroid dienone is 1. The van der Waals surface area contributed by atoms with E-state index >= 15 is 0 Å². The molecule has 0 unspecified atom stereocenters. The molecule has 1 saturated carbocycles. The van der Waals surface area contributed by atoms with Crippen molar-refractivity contribution in [3.8, 4) is 0 Å². The zero-order valence-corrected chi connectivity index (χ0v) is 10.9. The predicted octanol–water partition coefficient (Wildman–Crippen LogP) is 4.75. The average molecular weight is 255 g/mol. The topological polar surface area (TPSA) is 0 Å². The van der Waals surface area contributed by atoms with Crippen molar-refractivity contribution < 1.29 is 0 Å². The molecule has 1 heteroatoms. The van der Waals surface area contributed by atoms with Gasteiger partial charge in [-0.2, -0.15) is 0 Å². The highest BCUT2D eigenvalue weighted by atomic mass is 35.5. The average Bonchev–Trinajstić information content (AvgIpc) is 3.18. The van der Waals surface area contributed by atoms with Gasteiger partial charge in [-0.1, -0.05) is 78.8 Å².